The van der Waals surface area contributed by atoms with Crippen molar-refractivity contribution < 1.29 is 4.39 Å². The number of halogens is 1. The monoisotopic (exact) mass is 265 g/mol. The quantitative estimate of drug-likeness (QED) is 0.896. The molecule has 1 saturated carbocycles. The zero-order valence-electron chi connectivity index (χ0n) is 12.4. The van der Waals surface area contributed by atoms with Crippen LogP contribution < -0.4 is 5.32 Å². The van der Waals surface area contributed by atoms with Crippen molar-refractivity contribution in [2.45, 2.75) is 59.3 Å². The normalized spacial score (nSPS) is 19.4. The van der Waals surface area contributed by atoms with Crippen LogP contribution in [0.5, 0.6) is 0 Å². The van der Waals surface area contributed by atoms with Crippen LogP contribution in [0.4, 0.5) is 10.2 Å². The minimum absolute atomic E-state index is 0.318. The maximum atomic E-state index is 13.9. The number of anilines is 1. The van der Waals surface area contributed by atoms with Gasteiger partial charge in [-0.15, -0.1) is 0 Å². The Bertz CT molecular complexity index is 447. The molecule has 0 amide bonds. The van der Waals surface area contributed by atoms with Crippen molar-refractivity contribution in [3.05, 3.63) is 17.3 Å². The first kappa shape index (κ1) is 14.2. The maximum Gasteiger partial charge on any atom is 0.186 e. The van der Waals surface area contributed by atoms with E-state index < -0.39 is 0 Å². The number of nitrogens with zero attached hydrogens (tertiary/aromatic N) is 2. The molecule has 1 N–H and O–H groups in total. The highest BCUT2D eigenvalue weighted by atomic mass is 19.1. The van der Waals surface area contributed by atoms with Crippen LogP contribution >= 0.6 is 0 Å². The van der Waals surface area contributed by atoms with E-state index in [1.54, 1.807) is 6.92 Å². The summed E-state index contributed by atoms with van der Waals surface area (Å²) in [5.41, 5.74) is 0.876. The molecule has 2 rings (SSSR count). The Morgan fingerprint density at radius 1 is 1.26 bits per heavy atom. The first-order chi connectivity index (χ1) is 8.93. The summed E-state index contributed by atoms with van der Waals surface area (Å²) in [5, 5.41) is 2.99. The summed E-state index contributed by atoms with van der Waals surface area (Å²) in [6, 6.07) is 0. The van der Waals surface area contributed by atoms with Gasteiger partial charge in [-0.3, -0.25) is 0 Å². The number of aryl methyl sites for hydroxylation is 1. The molecule has 1 aliphatic rings. The zero-order valence-corrected chi connectivity index (χ0v) is 12.4. The Labute approximate surface area is 115 Å². The molecule has 19 heavy (non-hydrogen) atoms. The van der Waals surface area contributed by atoms with Gasteiger partial charge in [-0.1, -0.05) is 13.8 Å². The minimum atomic E-state index is -0.318. The maximum absolute atomic E-state index is 13.9. The lowest BCUT2D eigenvalue weighted by molar-refractivity contribution is 0.220. The van der Waals surface area contributed by atoms with Crippen LogP contribution in [0.25, 0.3) is 0 Å². The largest absolute Gasteiger partial charge is 0.368 e. The molecule has 1 fully saturated rings. The van der Waals surface area contributed by atoms with E-state index in [0.29, 0.717) is 29.4 Å². The Morgan fingerprint density at radius 3 is 2.47 bits per heavy atom. The Morgan fingerprint density at radius 2 is 1.89 bits per heavy atom. The fourth-order valence-corrected chi connectivity index (χ4v) is 2.71. The van der Waals surface area contributed by atoms with Gasteiger partial charge >= 0.3 is 0 Å². The minimum Gasteiger partial charge on any atom is -0.368 e. The fourth-order valence-electron chi connectivity index (χ4n) is 2.71. The van der Waals surface area contributed by atoms with Gasteiger partial charge in [-0.2, -0.15) is 0 Å². The summed E-state index contributed by atoms with van der Waals surface area (Å²) in [4.78, 5) is 8.76. The van der Waals surface area contributed by atoms with Crippen LogP contribution in [0, 0.1) is 18.2 Å². The van der Waals surface area contributed by atoms with E-state index in [4.69, 9.17) is 0 Å². The molecule has 4 heteroatoms. The Kier molecular flexibility index (Phi) is 4.07. The van der Waals surface area contributed by atoms with Gasteiger partial charge in [0, 0.05) is 12.5 Å². The molecule has 1 aromatic heterocycles. The third kappa shape index (κ3) is 3.23. The second kappa shape index (κ2) is 5.43. The van der Waals surface area contributed by atoms with Crippen molar-refractivity contribution >= 4 is 5.82 Å². The van der Waals surface area contributed by atoms with Gasteiger partial charge in [0.15, 0.2) is 11.6 Å². The molecule has 0 saturated heterocycles. The molecule has 106 valence electrons. The van der Waals surface area contributed by atoms with E-state index in [1.807, 2.05) is 6.92 Å². The lowest BCUT2D eigenvalue weighted by Gasteiger charge is -2.33. The fraction of sp³-hybridized carbons (Fsp3) is 0.733. The summed E-state index contributed by atoms with van der Waals surface area (Å²) in [7, 11) is 0. The molecule has 0 bridgehead atoms. The predicted molar refractivity (Wildman–Crippen MR) is 75.9 cm³/mol. The highest BCUT2D eigenvalue weighted by Crippen LogP contribution is 2.41. The van der Waals surface area contributed by atoms with E-state index in [9.17, 15) is 4.39 Å². The summed E-state index contributed by atoms with van der Waals surface area (Å²) in [5.74, 6) is 1.23. The van der Waals surface area contributed by atoms with Crippen molar-refractivity contribution in [3.63, 3.8) is 0 Å². The standard InChI is InChI=1S/C15H24FN3/c1-5-17-14-12(16)10(2)18-13(19-14)11-6-8-15(3,4)9-7-11/h11H,5-9H2,1-4H3,(H,17,18,19). The molecule has 1 heterocycles. The average molecular weight is 265 g/mol. The van der Waals surface area contributed by atoms with Crippen LogP contribution in [0.1, 0.15) is 63.9 Å². The van der Waals surface area contributed by atoms with Gasteiger partial charge < -0.3 is 5.32 Å². The van der Waals surface area contributed by atoms with Crippen LogP contribution in [0.15, 0.2) is 0 Å². The SMILES string of the molecule is CCNc1nc(C2CCC(C)(C)CC2)nc(C)c1F. The number of hydrogen-bond donors (Lipinski definition) is 1. The first-order valence-corrected chi connectivity index (χ1v) is 7.21. The van der Waals surface area contributed by atoms with E-state index >= 15 is 0 Å². The Hall–Kier alpha value is -1.19. The molecule has 0 aromatic carbocycles. The summed E-state index contributed by atoms with van der Waals surface area (Å²) in [6.07, 6.45) is 4.58. The van der Waals surface area contributed by atoms with Gasteiger partial charge in [0.1, 0.15) is 5.82 Å². The smallest absolute Gasteiger partial charge is 0.186 e. The molecule has 0 spiro atoms. The first-order valence-electron chi connectivity index (χ1n) is 7.21. The molecule has 0 atom stereocenters. The molecule has 0 radical (unpaired) electrons. The topological polar surface area (TPSA) is 37.8 Å². The van der Waals surface area contributed by atoms with E-state index in [0.717, 1.165) is 18.7 Å². The number of hydrogen-bond acceptors (Lipinski definition) is 3. The van der Waals surface area contributed by atoms with Crippen LogP contribution in [0.3, 0.4) is 0 Å². The third-order valence-corrected chi connectivity index (χ3v) is 4.08. The second-order valence-corrected chi connectivity index (χ2v) is 6.30. The molecule has 1 aromatic rings. The molecule has 1 aliphatic carbocycles. The number of aromatic nitrogens is 2. The molecule has 0 aliphatic heterocycles. The van der Waals surface area contributed by atoms with Gasteiger partial charge in [-0.05, 0) is 44.9 Å². The lowest BCUT2D eigenvalue weighted by Crippen LogP contribution is -2.22. The van der Waals surface area contributed by atoms with Crippen molar-refractivity contribution in [1.29, 1.82) is 0 Å². The summed E-state index contributed by atoms with van der Waals surface area (Å²) in [6.45, 7) is 8.95. The molecule has 3 nitrogen and oxygen atoms in total. The summed E-state index contributed by atoms with van der Waals surface area (Å²) >= 11 is 0. The van der Waals surface area contributed by atoms with Gasteiger partial charge in [0.2, 0.25) is 0 Å². The zero-order chi connectivity index (χ0) is 14.0. The van der Waals surface area contributed by atoms with Crippen LogP contribution in [-0.2, 0) is 0 Å². The van der Waals surface area contributed by atoms with E-state index in [1.165, 1.54) is 12.8 Å². The van der Waals surface area contributed by atoms with Crippen LogP contribution in [0.2, 0.25) is 0 Å². The van der Waals surface area contributed by atoms with Gasteiger partial charge in [0.05, 0.1) is 5.69 Å². The van der Waals surface area contributed by atoms with Crippen molar-refractivity contribution in [1.82, 2.24) is 9.97 Å². The van der Waals surface area contributed by atoms with Crippen molar-refractivity contribution in [3.8, 4) is 0 Å². The predicted octanol–water partition coefficient (Wildman–Crippen LogP) is 4.04. The molecular formula is C15H24FN3. The van der Waals surface area contributed by atoms with Crippen molar-refractivity contribution in [2.24, 2.45) is 5.41 Å². The average Bonchev–Trinajstić information content (AvgIpc) is 2.35. The van der Waals surface area contributed by atoms with E-state index in [2.05, 4.69) is 29.1 Å². The van der Waals surface area contributed by atoms with Gasteiger partial charge in [0.25, 0.3) is 0 Å². The molecule has 0 unspecified atom stereocenters. The van der Waals surface area contributed by atoms with E-state index in [-0.39, 0.29) is 5.82 Å². The number of nitrogens with one attached hydrogen (secondary N) is 1. The molecular weight excluding hydrogens is 241 g/mol. The highest BCUT2D eigenvalue weighted by molar-refractivity contribution is 5.38. The van der Waals surface area contributed by atoms with Crippen LogP contribution in [-0.4, -0.2) is 16.5 Å². The third-order valence-electron chi connectivity index (χ3n) is 4.08. The lowest BCUT2D eigenvalue weighted by atomic mass is 9.73. The van der Waals surface area contributed by atoms with Crippen molar-refractivity contribution in [2.75, 3.05) is 11.9 Å². The number of rotatable bonds is 3. The summed E-state index contributed by atoms with van der Waals surface area (Å²) < 4.78 is 13.9. The van der Waals surface area contributed by atoms with Gasteiger partial charge in [-0.25, -0.2) is 14.4 Å². The highest BCUT2D eigenvalue weighted by Gasteiger charge is 2.29. The Balaban J connectivity index is 2.21. The second-order valence-electron chi connectivity index (χ2n) is 6.30.